The number of aliphatic imine (C=N–C) groups is 1. The Hall–Kier alpha value is -4.28. The third-order valence-corrected chi connectivity index (χ3v) is 6.61. The predicted octanol–water partition coefficient (Wildman–Crippen LogP) is 4.60. The smallest absolute Gasteiger partial charge is 0.410 e. The van der Waals surface area contributed by atoms with E-state index in [1.54, 1.807) is 41.0 Å². The quantitative estimate of drug-likeness (QED) is 0.303. The number of hydrogen-bond donors (Lipinski definition) is 1. The van der Waals surface area contributed by atoms with Crippen LogP contribution < -0.4 is 10.6 Å². The summed E-state index contributed by atoms with van der Waals surface area (Å²) in [5.74, 6) is -0.287. The second kappa shape index (κ2) is 9.79. The first kappa shape index (κ1) is 26.3. The minimum atomic E-state index is -0.563. The van der Waals surface area contributed by atoms with Crippen molar-refractivity contribution in [1.29, 1.82) is 0 Å². The maximum absolute atomic E-state index is 14.6. The summed E-state index contributed by atoms with van der Waals surface area (Å²) in [6.07, 6.45) is 6.34. The van der Waals surface area contributed by atoms with Crippen molar-refractivity contribution in [3.63, 3.8) is 0 Å². The largest absolute Gasteiger partial charge is 0.444 e. The van der Waals surface area contributed by atoms with Crippen molar-refractivity contribution in [2.75, 3.05) is 18.0 Å². The van der Waals surface area contributed by atoms with Gasteiger partial charge in [-0.05, 0) is 53.7 Å². The Morgan fingerprint density at radius 1 is 1.10 bits per heavy atom. The third-order valence-electron chi connectivity index (χ3n) is 6.61. The van der Waals surface area contributed by atoms with Crippen LogP contribution in [0.5, 0.6) is 0 Å². The molecule has 10 nitrogen and oxygen atoms in total. The summed E-state index contributed by atoms with van der Waals surface area (Å²) in [6.45, 7) is 12.6. The van der Waals surface area contributed by atoms with Crippen LogP contribution in [0, 0.1) is 12.7 Å². The van der Waals surface area contributed by atoms with Crippen molar-refractivity contribution < 1.29 is 13.9 Å². The highest BCUT2D eigenvalue weighted by atomic mass is 19.1. The normalized spacial score (nSPS) is 18.7. The maximum atomic E-state index is 14.6. The lowest BCUT2D eigenvalue weighted by molar-refractivity contribution is 0.00568. The highest BCUT2D eigenvalue weighted by Gasteiger charge is 2.36. The number of imidazole rings is 1. The van der Waals surface area contributed by atoms with Gasteiger partial charge in [-0.25, -0.2) is 19.2 Å². The van der Waals surface area contributed by atoms with Crippen LogP contribution in [0.25, 0.3) is 16.7 Å². The number of nitrogens with zero attached hydrogens (tertiary/aromatic N) is 7. The Kier molecular flexibility index (Phi) is 6.61. The lowest BCUT2D eigenvalue weighted by Crippen LogP contribution is -2.59. The van der Waals surface area contributed by atoms with E-state index in [9.17, 15) is 9.18 Å². The fourth-order valence-electron chi connectivity index (χ4n) is 5.12. The van der Waals surface area contributed by atoms with Gasteiger partial charge in [-0.1, -0.05) is 0 Å². The number of piperazine rings is 1. The van der Waals surface area contributed by atoms with Crippen LogP contribution in [0.4, 0.5) is 20.6 Å². The maximum Gasteiger partial charge on any atom is 0.410 e. The van der Waals surface area contributed by atoms with E-state index >= 15 is 0 Å². The van der Waals surface area contributed by atoms with Gasteiger partial charge in [0.1, 0.15) is 22.5 Å². The second-order valence-corrected chi connectivity index (χ2v) is 11.0. The summed E-state index contributed by atoms with van der Waals surface area (Å²) in [5.41, 5.74) is 9.91. The van der Waals surface area contributed by atoms with Gasteiger partial charge < -0.3 is 19.8 Å². The topological polar surface area (TPSA) is 114 Å². The highest BCUT2D eigenvalue weighted by Crippen LogP contribution is 2.31. The second-order valence-electron chi connectivity index (χ2n) is 11.0. The molecule has 39 heavy (non-hydrogen) atoms. The van der Waals surface area contributed by atoms with Crippen molar-refractivity contribution in [2.24, 2.45) is 10.7 Å². The van der Waals surface area contributed by atoms with Crippen LogP contribution >= 0.6 is 0 Å². The first-order chi connectivity index (χ1) is 18.4. The summed E-state index contributed by atoms with van der Waals surface area (Å²) < 4.78 is 21.8. The van der Waals surface area contributed by atoms with E-state index in [1.165, 1.54) is 6.07 Å². The molecule has 2 atom stereocenters. The molecule has 4 heterocycles. The molecule has 0 aliphatic carbocycles. The lowest BCUT2D eigenvalue weighted by Gasteiger charge is -2.45. The number of nitrogens with two attached hydrogens (primary N) is 1. The van der Waals surface area contributed by atoms with Gasteiger partial charge in [0.2, 0.25) is 0 Å². The molecule has 0 spiro atoms. The van der Waals surface area contributed by atoms with Crippen LogP contribution in [0.2, 0.25) is 0 Å². The Bertz CT molecular complexity index is 1580. The van der Waals surface area contributed by atoms with E-state index in [1.807, 2.05) is 46.8 Å². The highest BCUT2D eigenvalue weighted by molar-refractivity contribution is 6.10. The van der Waals surface area contributed by atoms with Gasteiger partial charge in [0.25, 0.3) is 0 Å². The van der Waals surface area contributed by atoms with Crippen LogP contribution in [0.3, 0.4) is 0 Å². The number of rotatable bonds is 3. The zero-order valence-corrected chi connectivity index (χ0v) is 23.0. The molecule has 0 radical (unpaired) electrons. The van der Waals surface area contributed by atoms with E-state index < -0.39 is 11.4 Å². The summed E-state index contributed by atoms with van der Waals surface area (Å²) in [7, 11) is 0. The number of aromatic nitrogens is 4. The van der Waals surface area contributed by atoms with Crippen LogP contribution in [0.15, 0.2) is 48.0 Å². The average Bonchev–Trinajstić information content (AvgIpc) is 3.22. The third kappa shape index (κ3) is 5.21. The van der Waals surface area contributed by atoms with Crippen molar-refractivity contribution >= 4 is 40.0 Å². The molecule has 1 fully saturated rings. The zero-order chi connectivity index (χ0) is 28.1. The predicted molar refractivity (Wildman–Crippen MR) is 149 cm³/mol. The molecular weight excluding hydrogens is 499 g/mol. The molecule has 0 unspecified atom stereocenters. The van der Waals surface area contributed by atoms with Crippen LogP contribution in [-0.2, 0) is 4.74 Å². The van der Waals surface area contributed by atoms with Crippen LogP contribution in [0.1, 0.15) is 45.9 Å². The van der Waals surface area contributed by atoms with Gasteiger partial charge in [0, 0.05) is 49.5 Å². The number of carbonyl (C=O) groups is 1. The minimum Gasteiger partial charge on any atom is -0.444 e. The molecule has 2 N–H and O–H groups in total. The number of hydrogen-bond acceptors (Lipinski definition) is 7. The van der Waals surface area contributed by atoms with Gasteiger partial charge >= 0.3 is 6.09 Å². The van der Waals surface area contributed by atoms with Gasteiger partial charge in [-0.2, -0.15) is 0 Å². The number of ether oxygens (including phenoxy) is 1. The number of pyridine rings is 1. The van der Waals surface area contributed by atoms with Crippen LogP contribution in [-0.4, -0.2) is 67.0 Å². The molecule has 0 bridgehead atoms. The number of benzene rings is 1. The minimum absolute atomic E-state index is 0.0849. The van der Waals surface area contributed by atoms with E-state index in [-0.39, 0.29) is 29.7 Å². The summed E-state index contributed by atoms with van der Waals surface area (Å²) in [5, 5.41) is 0. The number of carbonyl (C=O) groups excluding carboxylic acids is 1. The zero-order valence-electron chi connectivity index (χ0n) is 23.0. The summed E-state index contributed by atoms with van der Waals surface area (Å²) >= 11 is 0. The van der Waals surface area contributed by atoms with Crippen molar-refractivity contribution in [3.8, 4) is 0 Å². The van der Waals surface area contributed by atoms with Gasteiger partial charge in [-0.15, -0.1) is 0 Å². The molecule has 1 amide bonds. The monoisotopic (exact) mass is 532 g/mol. The number of fused-ring (bicyclic) bond motifs is 2. The van der Waals surface area contributed by atoms with Crippen molar-refractivity contribution in [2.45, 2.75) is 59.2 Å². The average molecular weight is 533 g/mol. The summed E-state index contributed by atoms with van der Waals surface area (Å²) in [4.78, 5) is 34.7. The molecule has 11 heteroatoms. The molecule has 0 saturated carbocycles. The first-order valence-corrected chi connectivity index (χ1v) is 12.9. The Morgan fingerprint density at radius 3 is 2.44 bits per heavy atom. The fourth-order valence-corrected chi connectivity index (χ4v) is 5.12. The number of anilines is 1. The number of halogens is 1. The number of amides is 1. The molecule has 5 rings (SSSR count). The van der Waals surface area contributed by atoms with Crippen molar-refractivity contribution in [3.05, 3.63) is 60.1 Å². The SMILES string of the molecule is Cc1cn2cc(N=C(N)c3ccc(N4C[C@@H](C)N(C(=O)OC(C)(C)C)[C@@H](C)C4)c4nccnc34)cc(F)c2n1. The van der Waals surface area contributed by atoms with Gasteiger partial charge in [-0.3, -0.25) is 14.9 Å². The molecule has 4 aromatic rings. The van der Waals surface area contributed by atoms with Gasteiger partial charge in [0.15, 0.2) is 11.5 Å². The van der Waals surface area contributed by atoms with E-state index in [0.29, 0.717) is 41.1 Å². The Balaban J connectivity index is 1.46. The molecular formula is C28H33FN8O2. The standard InChI is InChI=1S/C28H33FN8O2/c1-16-12-36-15-19(11-21(29)26(36)33-16)34-25(30)20-7-8-22(24-23(20)31-9-10-32-24)35-13-17(2)37(18(3)14-35)27(38)39-28(4,5)6/h7-12,15,17-18H,13-14H2,1-6H3,(H2,30,34)/t17-,18+. The van der Waals surface area contributed by atoms with E-state index in [0.717, 1.165) is 5.69 Å². The Labute approximate surface area is 226 Å². The van der Waals surface area contributed by atoms with Gasteiger partial charge in [0.05, 0.1) is 29.2 Å². The molecule has 1 aliphatic rings. The lowest BCUT2D eigenvalue weighted by atomic mass is 10.1. The molecule has 1 aliphatic heterocycles. The Morgan fingerprint density at radius 2 is 1.77 bits per heavy atom. The molecule has 204 valence electrons. The number of amidine groups is 1. The fraction of sp³-hybridized carbons (Fsp3) is 0.393. The van der Waals surface area contributed by atoms with E-state index in [2.05, 4.69) is 24.8 Å². The molecule has 1 saturated heterocycles. The number of aryl methyl sites for hydroxylation is 1. The molecule has 1 aromatic carbocycles. The van der Waals surface area contributed by atoms with Crippen molar-refractivity contribution in [1.82, 2.24) is 24.3 Å². The first-order valence-electron chi connectivity index (χ1n) is 12.9. The molecule has 3 aromatic heterocycles. The van der Waals surface area contributed by atoms with E-state index in [4.69, 9.17) is 10.5 Å². The summed E-state index contributed by atoms with van der Waals surface area (Å²) in [6, 6.07) is 4.94.